The monoisotopic (exact) mass is 460 g/mol. The van der Waals surface area contributed by atoms with E-state index in [1.165, 1.54) is 6.07 Å². The van der Waals surface area contributed by atoms with Gasteiger partial charge in [0, 0.05) is 3.57 Å². The Morgan fingerprint density at radius 3 is 2.33 bits per heavy atom. The van der Waals surface area contributed by atoms with Gasteiger partial charge in [0.15, 0.2) is 0 Å². The summed E-state index contributed by atoms with van der Waals surface area (Å²) in [4.78, 5) is 2.87. The molecule has 4 nitrogen and oxygen atoms in total. The summed E-state index contributed by atoms with van der Waals surface area (Å²) in [6.07, 6.45) is -2.97. The Bertz CT molecular complexity index is 492. The first-order valence-electron chi connectivity index (χ1n) is 3.40. The van der Waals surface area contributed by atoms with Crippen molar-refractivity contribution in [3.63, 3.8) is 0 Å². The molecule has 0 unspecified atom stereocenters. The molecule has 0 radical (unpaired) electrons. The molecule has 0 saturated carbocycles. The smallest absolute Gasteiger partial charge is 0.239 e. The number of nitrogens with two attached hydrogens (primary N) is 1. The third kappa shape index (κ3) is 3.17. The zero-order valence-electron chi connectivity index (χ0n) is 6.92. The average molecular weight is 460 g/mol. The van der Waals surface area contributed by atoms with Crippen LogP contribution in [-0.2, 0) is 10.0 Å². The normalized spacial score (nSPS) is 12.1. The topological polar surface area (TPSA) is 73.1 Å². The molecule has 84 valence electrons. The second-order valence-corrected chi connectivity index (χ2v) is 6.25. The molecule has 9 heteroatoms. The van der Waals surface area contributed by atoms with Gasteiger partial charge < -0.3 is 0 Å². The molecule has 0 aromatic carbocycles. The van der Waals surface area contributed by atoms with Crippen LogP contribution in [0.15, 0.2) is 11.0 Å². The number of halogens is 4. The molecule has 1 aromatic rings. The number of primary sulfonamides is 1. The molecule has 2 N–H and O–H groups in total. The summed E-state index contributed by atoms with van der Waals surface area (Å²) >= 11 is 3.36. The first-order chi connectivity index (χ1) is 6.73. The average Bonchev–Trinajstić information content (AvgIpc) is 1.99. The number of sulfonamides is 1. The fourth-order valence-electron chi connectivity index (χ4n) is 0.920. The highest BCUT2D eigenvalue weighted by Crippen LogP contribution is 2.28. The zero-order chi connectivity index (χ0) is 11.8. The molecule has 0 bridgehead atoms. The van der Waals surface area contributed by atoms with Crippen molar-refractivity contribution in [3.8, 4) is 0 Å². The van der Waals surface area contributed by atoms with Gasteiger partial charge >= 0.3 is 0 Å². The summed E-state index contributed by atoms with van der Waals surface area (Å²) in [6, 6.07) is 1.37. The van der Waals surface area contributed by atoms with Crippen LogP contribution in [0.4, 0.5) is 8.78 Å². The van der Waals surface area contributed by atoms with E-state index in [9.17, 15) is 17.2 Å². The quantitative estimate of drug-likeness (QED) is 0.542. The molecule has 0 saturated heterocycles. The maximum absolute atomic E-state index is 12.5. The fourth-order valence-corrected chi connectivity index (χ4v) is 4.34. The number of alkyl halides is 2. The second-order valence-electron chi connectivity index (χ2n) is 2.49. The van der Waals surface area contributed by atoms with E-state index >= 15 is 0 Å². The summed E-state index contributed by atoms with van der Waals surface area (Å²) in [5, 5.41) is 4.84. The third-order valence-electron chi connectivity index (χ3n) is 1.41. The van der Waals surface area contributed by atoms with E-state index in [-0.39, 0.29) is 3.57 Å². The first-order valence-corrected chi connectivity index (χ1v) is 7.10. The second kappa shape index (κ2) is 4.71. The molecule has 1 aromatic heterocycles. The van der Waals surface area contributed by atoms with Crippen LogP contribution in [0, 0.1) is 7.27 Å². The van der Waals surface area contributed by atoms with Crippen molar-refractivity contribution in [2.45, 2.75) is 11.3 Å². The van der Waals surface area contributed by atoms with E-state index in [2.05, 4.69) is 4.98 Å². The fraction of sp³-hybridized carbons (Fsp3) is 0.167. The third-order valence-corrected chi connectivity index (χ3v) is 4.18. The minimum atomic E-state index is -4.18. The van der Waals surface area contributed by atoms with Crippen LogP contribution >= 0.6 is 45.2 Å². The van der Waals surface area contributed by atoms with E-state index in [0.29, 0.717) is 3.70 Å². The van der Waals surface area contributed by atoms with Gasteiger partial charge in [0.2, 0.25) is 10.0 Å². The van der Waals surface area contributed by atoms with Crippen molar-refractivity contribution in [2.24, 2.45) is 5.14 Å². The van der Waals surface area contributed by atoms with Gasteiger partial charge in [-0.3, -0.25) is 0 Å². The highest BCUT2D eigenvalue weighted by molar-refractivity contribution is 14.1. The largest absolute Gasteiger partial charge is 0.281 e. The van der Waals surface area contributed by atoms with Gasteiger partial charge in [0.05, 0.1) is 0 Å². The van der Waals surface area contributed by atoms with Gasteiger partial charge in [-0.25, -0.2) is 27.3 Å². The Morgan fingerprint density at radius 1 is 1.40 bits per heavy atom. The minimum Gasteiger partial charge on any atom is -0.239 e. The summed E-state index contributed by atoms with van der Waals surface area (Å²) in [6.45, 7) is 0. The van der Waals surface area contributed by atoms with E-state index < -0.39 is 27.0 Å². The molecule has 1 heterocycles. The Kier molecular flexibility index (Phi) is 4.22. The van der Waals surface area contributed by atoms with Crippen molar-refractivity contribution < 1.29 is 17.2 Å². The lowest BCUT2D eigenvalue weighted by Crippen LogP contribution is -2.18. The number of rotatable bonds is 2. The standard InChI is InChI=1S/C6H4F2I2N2O2S/c7-6(8)4-5(15(11,13)14)2(9)1-3(10)12-4/h1,6H,(H2,11,13,14). The number of nitrogens with zero attached hydrogens (tertiary/aromatic N) is 1. The molecule has 0 aliphatic heterocycles. The maximum atomic E-state index is 12.5. The molecule has 1 rings (SSSR count). The van der Waals surface area contributed by atoms with Crippen LogP contribution in [0.5, 0.6) is 0 Å². The van der Waals surface area contributed by atoms with E-state index in [1.54, 1.807) is 45.2 Å². The van der Waals surface area contributed by atoms with Crippen molar-refractivity contribution >= 4 is 55.2 Å². The van der Waals surface area contributed by atoms with E-state index in [1.807, 2.05) is 0 Å². The number of aromatic nitrogens is 1. The van der Waals surface area contributed by atoms with Crippen molar-refractivity contribution in [1.29, 1.82) is 0 Å². The molecule has 15 heavy (non-hydrogen) atoms. The Morgan fingerprint density at radius 2 is 1.93 bits per heavy atom. The lowest BCUT2D eigenvalue weighted by atomic mass is 10.4. The van der Waals surface area contributed by atoms with Gasteiger partial charge in [0.25, 0.3) is 6.43 Å². The van der Waals surface area contributed by atoms with Gasteiger partial charge in [0.1, 0.15) is 14.3 Å². The maximum Gasteiger partial charge on any atom is 0.281 e. The minimum absolute atomic E-state index is 0.143. The molecule has 0 spiro atoms. The van der Waals surface area contributed by atoms with Crippen LogP contribution in [0.1, 0.15) is 12.1 Å². The molecule has 0 aliphatic carbocycles. The van der Waals surface area contributed by atoms with Crippen LogP contribution in [-0.4, -0.2) is 13.4 Å². The summed E-state index contributed by atoms with van der Waals surface area (Å²) in [5.41, 5.74) is -0.797. The first kappa shape index (κ1) is 13.4. The summed E-state index contributed by atoms with van der Waals surface area (Å²) < 4.78 is 47.7. The predicted molar refractivity (Wildman–Crippen MR) is 66.0 cm³/mol. The van der Waals surface area contributed by atoms with Crippen LogP contribution in [0.25, 0.3) is 0 Å². The van der Waals surface area contributed by atoms with Crippen LogP contribution < -0.4 is 5.14 Å². The van der Waals surface area contributed by atoms with Crippen LogP contribution in [0.2, 0.25) is 0 Å². The molecule has 0 aliphatic rings. The van der Waals surface area contributed by atoms with Crippen LogP contribution in [0.3, 0.4) is 0 Å². The molecule has 0 fully saturated rings. The lowest BCUT2D eigenvalue weighted by Gasteiger charge is -2.08. The SMILES string of the molecule is NS(=O)(=O)c1c(I)cc(I)nc1C(F)F. The van der Waals surface area contributed by atoms with Crippen molar-refractivity contribution in [1.82, 2.24) is 4.98 Å². The highest BCUT2D eigenvalue weighted by atomic mass is 127. The Hall–Kier alpha value is 0.380. The Labute approximate surface area is 112 Å². The number of pyridine rings is 1. The highest BCUT2D eigenvalue weighted by Gasteiger charge is 2.25. The summed E-state index contributed by atoms with van der Waals surface area (Å²) in [5.74, 6) is 0. The van der Waals surface area contributed by atoms with Gasteiger partial charge in [-0.15, -0.1) is 0 Å². The number of hydrogen-bond acceptors (Lipinski definition) is 3. The van der Waals surface area contributed by atoms with Gasteiger partial charge in [-0.1, -0.05) is 0 Å². The van der Waals surface area contributed by atoms with Gasteiger partial charge in [-0.2, -0.15) is 0 Å². The molecule has 0 amide bonds. The summed E-state index contributed by atoms with van der Waals surface area (Å²) in [7, 11) is -4.18. The van der Waals surface area contributed by atoms with Gasteiger partial charge in [-0.05, 0) is 51.2 Å². The lowest BCUT2D eigenvalue weighted by molar-refractivity contribution is 0.142. The molecular formula is C6H4F2I2N2O2S. The van der Waals surface area contributed by atoms with Crippen molar-refractivity contribution in [2.75, 3.05) is 0 Å². The van der Waals surface area contributed by atoms with E-state index in [4.69, 9.17) is 5.14 Å². The van der Waals surface area contributed by atoms with E-state index in [0.717, 1.165) is 0 Å². The zero-order valence-corrected chi connectivity index (χ0v) is 12.0. The molecular weight excluding hydrogens is 456 g/mol. The van der Waals surface area contributed by atoms with Crippen molar-refractivity contribution in [3.05, 3.63) is 19.0 Å². The number of hydrogen-bond donors (Lipinski definition) is 1. The molecule has 0 atom stereocenters. The predicted octanol–water partition coefficient (Wildman–Crippen LogP) is 1.88. The Balaban J connectivity index is 3.62.